The molecule has 0 bridgehead atoms. The molecule has 26 nitrogen and oxygen atoms in total. The third kappa shape index (κ3) is 14.8. The van der Waals surface area contributed by atoms with Gasteiger partial charge in [-0.05, 0) is 83.4 Å². The molecule has 0 aliphatic carbocycles. The summed E-state index contributed by atoms with van der Waals surface area (Å²) in [4.78, 5) is 111. The zero-order chi connectivity index (χ0) is 61.2. The van der Waals surface area contributed by atoms with Crippen molar-refractivity contribution in [3.05, 3.63) is 101 Å². The number of aryl methyl sites for hydroxylation is 5. The van der Waals surface area contributed by atoms with E-state index in [1.54, 1.807) is 94.9 Å². The molecule has 0 fully saturated rings. The lowest BCUT2D eigenvalue weighted by molar-refractivity contribution is -0.136. The van der Waals surface area contributed by atoms with Crippen molar-refractivity contribution < 1.29 is 43.0 Å². The van der Waals surface area contributed by atoms with Crippen molar-refractivity contribution in [2.45, 2.75) is 117 Å². The molecule has 448 valence electrons. The zero-order valence-electron chi connectivity index (χ0n) is 49.2. The van der Waals surface area contributed by atoms with Gasteiger partial charge in [0.15, 0.2) is 0 Å². The number of hydrogen-bond donors (Lipinski definition) is 6. The fraction of sp³-hybridized carbons (Fsp3) is 0.439. The van der Waals surface area contributed by atoms with Crippen LogP contribution in [0.3, 0.4) is 0 Å². The highest BCUT2D eigenvalue weighted by atomic mass is 32.1. The van der Waals surface area contributed by atoms with Crippen LogP contribution in [0.15, 0.2) is 61.1 Å². The van der Waals surface area contributed by atoms with Crippen LogP contribution in [-0.2, 0) is 54.0 Å². The molecule has 7 amide bonds. The molecule has 0 aliphatic rings. The third-order valence-electron chi connectivity index (χ3n) is 14.4. The molecule has 7 N–H and O–H groups in total. The number of carbonyl (C=O) groups excluding carboxylic acids is 7. The van der Waals surface area contributed by atoms with Gasteiger partial charge in [0.25, 0.3) is 11.8 Å². The lowest BCUT2D eigenvalue weighted by atomic mass is 9.97. The molecule has 84 heavy (non-hydrogen) atoms. The molecule has 0 saturated carbocycles. The summed E-state index contributed by atoms with van der Waals surface area (Å²) in [7, 11) is 6.51. The molecule has 0 spiro atoms. The molecule has 7 rings (SSSR count). The quantitative estimate of drug-likeness (QED) is 0.0208. The smallest absolute Gasteiger partial charge is 0.276 e. The van der Waals surface area contributed by atoms with Gasteiger partial charge in [-0.2, -0.15) is 22.8 Å². The molecule has 1 atom stereocenters. The first-order chi connectivity index (χ1) is 40.0. The maximum Gasteiger partial charge on any atom is 0.276 e. The van der Waals surface area contributed by atoms with Gasteiger partial charge in [0.2, 0.25) is 41.4 Å². The normalized spacial score (nSPS) is 12.0. The second-order valence-electron chi connectivity index (χ2n) is 20.6. The second-order valence-corrected chi connectivity index (χ2v) is 21.5. The van der Waals surface area contributed by atoms with Gasteiger partial charge < -0.3 is 49.8 Å². The van der Waals surface area contributed by atoms with Crippen molar-refractivity contribution in [1.29, 1.82) is 0 Å². The second kappa shape index (κ2) is 27.4. The minimum atomic E-state index is -0.984. The maximum absolute atomic E-state index is 14.2. The lowest BCUT2D eigenvalue weighted by Crippen LogP contribution is -2.49. The molecule has 2 aromatic carbocycles. The van der Waals surface area contributed by atoms with Crippen LogP contribution in [0.25, 0.3) is 22.1 Å². The van der Waals surface area contributed by atoms with Crippen LogP contribution in [-0.4, -0.2) is 151 Å². The zero-order valence-corrected chi connectivity index (χ0v) is 50.1. The van der Waals surface area contributed by atoms with Crippen LogP contribution in [0.4, 0.5) is 11.9 Å². The van der Waals surface area contributed by atoms with Crippen LogP contribution < -0.4 is 36.9 Å². The standard InChI is InChI=1S/C57H75N17O9S/c1-11-57(84,12-2)31-47(76)69(8)22-18-46(75)61-41(30-38-32-68(7)33-60-38)54(81)70(9)19-17-23-83-45-29-37(51(59)78)27-40-49(45)72(56(63-40)65-53(80)43-25-35(6)67-74(43)14-4)21-16-15-20-71-48-39(26-36(50(58)77)28-44(48)82-10)62-55(71)64-52(79)42-24-34(5)66-73(42)13-3/h15-16,24-29,32-33,41,84H,11-14,17-23,30-31H2,1-10H3,(H2,58,77)(H2,59,78)(H,61,75)(H,62,64,79)(H,63,65,80)/b16-15+. The fourth-order valence-electron chi connectivity index (χ4n) is 9.60. The monoisotopic (exact) mass is 1170 g/mol. The number of imidazole rings is 3. The van der Waals surface area contributed by atoms with Gasteiger partial charge in [-0.1, -0.05) is 26.0 Å². The van der Waals surface area contributed by atoms with Crippen molar-refractivity contribution in [2.75, 3.05) is 51.5 Å². The van der Waals surface area contributed by atoms with Gasteiger partial charge in [0.05, 0.1) is 48.2 Å². The van der Waals surface area contributed by atoms with Gasteiger partial charge in [-0.15, -0.1) is 0 Å². The van der Waals surface area contributed by atoms with Gasteiger partial charge in [0.1, 0.15) is 40.0 Å². The van der Waals surface area contributed by atoms with E-state index in [1.807, 2.05) is 27.7 Å². The molecule has 5 aromatic heterocycles. The predicted molar refractivity (Wildman–Crippen MR) is 319 cm³/mol. The Hall–Kier alpha value is -9.01. The highest BCUT2D eigenvalue weighted by Crippen LogP contribution is 2.34. The number of amides is 7. The molecule has 1 unspecified atom stereocenters. The maximum atomic E-state index is 14.2. The van der Waals surface area contributed by atoms with Gasteiger partial charge in [-0.25, -0.2) is 15.0 Å². The number of nitrogens with zero attached hydrogens (tertiary/aromatic N) is 12. The van der Waals surface area contributed by atoms with Crippen molar-refractivity contribution in [1.82, 2.24) is 63.3 Å². The number of allylic oxidation sites excluding steroid dienone is 2. The van der Waals surface area contributed by atoms with Crippen molar-refractivity contribution >= 4 is 87.9 Å². The Morgan fingerprint density at radius 2 is 1.27 bits per heavy atom. The highest BCUT2D eigenvalue weighted by Gasteiger charge is 2.29. The Balaban J connectivity index is 1.15. The summed E-state index contributed by atoms with van der Waals surface area (Å²) in [6.07, 6.45) is 8.99. The number of fused-ring (bicyclic) bond motifs is 2. The molecular formula is C57H75N17O9S. The molecule has 5 heterocycles. The van der Waals surface area contributed by atoms with Crippen LogP contribution in [0.5, 0.6) is 11.5 Å². The minimum absolute atomic E-state index is 0.0218. The highest BCUT2D eigenvalue weighted by molar-refractivity contribution is 7.81. The van der Waals surface area contributed by atoms with Crippen molar-refractivity contribution in [3.8, 4) is 11.5 Å². The van der Waals surface area contributed by atoms with E-state index in [0.717, 1.165) is 0 Å². The van der Waals surface area contributed by atoms with Gasteiger partial charge in [0, 0.05) is 102 Å². The summed E-state index contributed by atoms with van der Waals surface area (Å²) in [5, 5.41) is 17.6. The average molecular weight is 1170 g/mol. The van der Waals surface area contributed by atoms with E-state index in [9.17, 15) is 33.6 Å². The number of anilines is 2. The number of nitrogens with one attached hydrogen (secondary N) is 3. The van der Waals surface area contributed by atoms with E-state index in [4.69, 9.17) is 43.5 Å². The number of rotatable bonds is 29. The summed E-state index contributed by atoms with van der Waals surface area (Å²) in [6.45, 7) is 12.6. The van der Waals surface area contributed by atoms with Crippen LogP contribution >= 0.6 is 12.6 Å². The average Bonchev–Trinajstić information content (AvgIpc) is 3.28. The van der Waals surface area contributed by atoms with Crippen LogP contribution in [0.2, 0.25) is 0 Å². The van der Waals surface area contributed by atoms with Crippen molar-refractivity contribution in [2.24, 2.45) is 18.5 Å². The molecule has 27 heteroatoms. The number of thiol groups is 1. The Morgan fingerprint density at radius 1 is 0.750 bits per heavy atom. The molecular weight excluding hydrogens is 1100 g/mol. The Bertz CT molecular complexity index is 3620. The number of ether oxygens (including phenoxy) is 2. The van der Waals surface area contributed by atoms with E-state index in [0.29, 0.717) is 65.3 Å². The molecule has 0 aliphatic heterocycles. The van der Waals surface area contributed by atoms with E-state index < -0.39 is 40.3 Å². The molecule has 0 radical (unpaired) electrons. The van der Waals surface area contributed by atoms with Crippen LogP contribution in [0, 0.1) is 13.8 Å². The number of likely N-dealkylation sites (N-methyl/N-ethyl adjacent to an activating group) is 1. The first-order valence-electron chi connectivity index (χ1n) is 27.7. The first kappa shape index (κ1) is 62.6. The number of methoxy groups -OCH3 is 1. The number of hydrogen-bond acceptors (Lipinski definition) is 15. The Kier molecular flexibility index (Phi) is 20.4. The van der Waals surface area contributed by atoms with E-state index in [2.05, 4.69) is 31.1 Å². The fourth-order valence-corrected chi connectivity index (χ4v) is 9.74. The topological polar surface area (TPSA) is 322 Å². The summed E-state index contributed by atoms with van der Waals surface area (Å²) in [6, 6.07) is 8.32. The number of benzene rings is 2. The Labute approximate surface area is 491 Å². The third-order valence-corrected chi connectivity index (χ3v) is 15.2. The van der Waals surface area contributed by atoms with Gasteiger partial charge in [-0.3, -0.25) is 53.6 Å². The number of primary amides is 2. The first-order valence-corrected chi connectivity index (χ1v) is 28.1. The van der Waals surface area contributed by atoms with Crippen molar-refractivity contribution in [3.63, 3.8) is 0 Å². The summed E-state index contributed by atoms with van der Waals surface area (Å²) in [5.41, 5.74) is 15.7. The van der Waals surface area contributed by atoms with E-state index in [-0.39, 0.29) is 116 Å². The Morgan fingerprint density at radius 3 is 1.75 bits per heavy atom. The summed E-state index contributed by atoms with van der Waals surface area (Å²) < 4.78 is 20.0. The summed E-state index contributed by atoms with van der Waals surface area (Å²) in [5.74, 6) is -2.66. The van der Waals surface area contributed by atoms with E-state index in [1.165, 1.54) is 41.2 Å². The number of carbonyl (C=O) groups is 7. The summed E-state index contributed by atoms with van der Waals surface area (Å²) >= 11 is 4.72. The number of aromatic nitrogens is 10. The molecule has 7 aromatic rings. The van der Waals surface area contributed by atoms with Gasteiger partial charge >= 0.3 is 0 Å². The SMILES string of the molecule is CCn1nc(C)cc1C(=O)Nc1nc2cc(C(N)=O)cc(OC)c2n1C/C=C/Cn1c(NC(=O)c2cc(C)nn2CC)nc2cc(C(N)=O)cc(OCCCN(C)C(=O)C(Cc3cn(C)cn3)NC(=O)CCN(C)C(=O)CC(S)(CC)CC)c21. The van der Waals surface area contributed by atoms with Crippen LogP contribution in [0.1, 0.15) is 119 Å². The lowest BCUT2D eigenvalue weighted by Gasteiger charge is -2.28. The minimum Gasteiger partial charge on any atom is -0.494 e. The molecule has 0 saturated heterocycles. The number of nitrogens with two attached hydrogens (primary N) is 2. The largest absolute Gasteiger partial charge is 0.494 e. The predicted octanol–water partition coefficient (Wildman–Crippen LogP) is 4.82. The van der Waals surface area contributed by atoms with E-state index >= 15 is 0 Å².